The molecule has 0 amide bonds. The third kappa shape index (κ3) is 3.47. The molecule has 90 valence electrons. The molecule has 0 saturated heterocycles. The van der Waals surface area contributed by atoms with E-state index in [4.69, 9.17) is 10.5 Å². The summed E-state index contributed by atoms with van der Waals surface area (Å²) in [5, 5.41) is 0. The van der Waals surface area contributed by atoms with Crippen LogP contribution in [0.3, 0.4) is 0 Å². The molecule has 0 aliphatic carbocycles. The van der Waals surface area contributed by atoms with Gasteiger partial charge in [-0.3, -0.25) is 0 Å². The van der Waals surface area contributed by atoms with Gasteiger partial charge in [0.1, 0.15) is 5.82 Å². The van der Waals surface area contributed by atoms with Crippen LogP contribution in [-0.4, -0.2) is 31.3 Å². The van der Waals surface area contributed by atoms with E-state index in [2.05, 4.69) is 23.7 Å². The molecule has 1 aromatic rings. The van der Waals surface area contributed by atoms with Crippen molar-refractivity contribution < 1.29 is 4.74 Å². The molecule has 0 fully saturated rings. The zero-order valence-electron chi connectivity index (χ0n) is 10.3. The molecule has 1 aromatic heterocycles. The van der Waals surface area contributed by atoms with Gasteiger partial charge in [0.05, 0.1) is 6.61 Å². The first-order valence-electron chi connectivity index (χ1n) is 5.59. The standard InChI is InChI=1S/C12H21N3O/c1-10(2)15(6-7-16-3)12-5-4-11(8-13)9-14-12/h4-5,9-10H,6-8,13H2,1-3H3. The van der Waals surface area contributed by atoms with Crippen molar-refractivity contribution in [3.8, 4) is 0 Å². The first-order chi connectivity index (χ1) is 7.69. The third-order valence-corrected chi connectivity index (χ3v) is 2.50. The largest absolute Gasteiger partial charge is 0.383 e. The third-order valence-electron chi connectivity index (χ3n) is 2.50. The highest BCUT2D eigenvalue weighted by Crippen LogP contribution is 2.14. The fraction of sp³-hybridized carbons (Fsp3) is 0.583. The smallest absolute Gasteiger partial charge is 0.128 e. The first-order valence-corrected chi connectivity index (χ1v) is 5.59. The lowest BCUT2D eigenvalue weighted by Gasteiger charge is -2.27. The number of aromatic nitrogens is 1. The van der Waals surface area contributed by atoms with Crippen molar-refractivity contribution in [1.82, 2.24) is 4.98 Å². The Morgan fingerprint density at radius 2 is 2.19 bits per heavy atom. The van der Waals surface area contributed by atoms with Gasteiger partial charge >= 0.3 is 0 Å². The second-order valence-corrected chi connectivity index (χ2v) is 4.01. The van der Waals surface area contributed by atoms with E-state index in [0.717, 1.165) is 17.9 Å². The average molecular weight is 223 g/mol. The van der Waals surface area contributed by atoms with Crippen molar-refractivity contribution in [2.45, 2.75) is 26.4 Å². The Morgan fingerprint density at radius 1 is 1.44 bits per heavy atom. The van der Waals surface area contributed by atoms with Crippen LogP contribution in [0.25, 0.3) is 0 Å². The van der Waals surface area contributed by atoms with Crippen LogP contribution in [-0.2, 0) is 11.3 Å². The zero-order valence-corrected chi connectivity index (χ0v) is 10.3. The van der Waals surface area contributed by atoms with Gasteiger partial charge in [-0.05, 0) is 25.5 Å². The molecule has 4 heteroatoms. The average Bonchev–Trinajstić information content (AvgIpc) is 2.30. The molecule has 1 heterocycles. The Balaban J connectivity index is 2.75. The van der Waals surface area contributed by atoms with Crippen LogP contribution in [0.1, 0.15) is 19.4 Å². The monoisotopic (exact) mass is 223 g/mol. The van der Waals surface area contributed by atoms with Gasteiger partial charge in [-0.1, -0.05) is 6.07 Å². The normalized spacial score (nSPS) is 10.8. The van der Waals surface area contributed by atoms with Gasteiger partial charge in [-0.25, -0.2) is 4.98 Å². The predicted molar refractivity (Wildman–Crippen MR) is 66.5 cm³/mol. The van der Waals surface area contributed by atoms with Gasteiger partial charge in [0.15, 0.2) is 0 Å². The van der Waals surface area contributed by atoms with E-state index in [1.54, 1.807) is 7.11 Å². The molecule has 0 aliphatic heterocycles. The number of methoxy groups -OCH3 is 1. The van der Waals surface area contributed by atoms with E-state index < -0.39 is 0 Å². The molecule has 0 saturated carbocycles. The summed E-state index contributed by atoms with van der Waals surface area (Å²) in [4.78, 5) is 6.63. The molecule has 0 aliphatic rings. The maximum absolute atomic E-state index is 5.54. The number of anilines is 1. The topological polar surface area (TPSA) is 51.4 Å². The maximum Gasteiger partial charge on any atom is 0.128 e. The zero-order chi connectivity index (χ0) is 12.0. The Hall–Kier alpha value is -1.13. The molecule has 0 spiro atoms. The first kappa shape index (κ1) is 12.9. The highest BCUT2D eigenvalue weighted by molar-refractivity contribution is 5.40. The molecule has 2 N–H and O–H groups in total. The number of pyridine rings is 1. The van der Waals surface area contributed by atoms with Gasteiger partial charge < -0.3 is 15.4 Å². The van der Waals surface area contributed by atoms with Crippen LogP contribution < -0.4 is 10.6 Å². The Labute approximate surface area is 97.4 Å². The maximum atomic E-state index is 5.54. The fourth-order valence-electron chi connectivity index (χ4n) is 1.53. The van der Waals surface area contributed by atoms with Crippen LogP contribution in [0.5, 0.6) is 0 Å². The molecule has 0 atom stereocenters. The lowest BCUT2D eigenvalue weighted by atomic mass is 10.2. The van der Waals surface area contributed by atoms with Gasteiger partial charge in [-0.15, -0.1) is 0 Å². The van der Waals surface area contributed by atoms with E-state index >= 15 is 0 Å². The highest BCUT2D eigenvalue weighted by atomic mass is 16.5. The van der Waals surface area contributed by atoms with Crippen LogP contribution >= 0.6 is 0 Å². The number of nitrogens with zero attached hydrogens (tertiary/aromatic N) is 2. The van der Waals surface area contributed by atoms with E-state index in [1.165, 1.54) is 0 Å². The van der Waals surface area contributed by atoms with Crippen molar-refractivity contribution in [1.29, 1.82) is 0 Å². The molecule has 16 heavy (non-hydrogen) atoms. The predicted octanol–water partition coefficient (Wildman–Crippen LogP) is 1.40. The minimum atomic E-state index is 0.409. The van der Waals surface area contributed by atoms with Crippen LogP contribution in [0, 0.1) is 0 Å². The van der Waals surface area contributed by atoms with Crippen molar-refractivity contribution in [3.05, 3.63) is 23.9 Å². The summed E-state index contributed by atoms with van der Waals surface area (Å²) in [6, 6.07) is 4.44. The van der Waals surface area contributed by atoms with Crippen LogP contribution in [0.15, 0.2) is 18.3 Å². The molecule has 0 radical (unpaired) electrons. The molecule has 0 aromatic carbocycles. The molecule has 1 rings (SSSR count). The summed E-state index contributed by atoms with van der Waals surface area (Å²) in [6.45, 7) is 6.39. The molecule has 0 unspecified atom stereocenters. The summed E-state index contributed by atoms with van der Waals surface area (Å²) in [5.74, 6) is 0.976. The lowest BCUT2D eigenvalue weighted by Crippen LogP contribution is -2.34. The Morgan fingerprint density at radius 3 is 2.62 bits per heavy atom. The molecule has 0 bridgehead atoms. The van der Waals surface area contributed by atoms with E-state index in [0.29, 0.717) is 19.2 Å². The van der Waals surface area contributed by atoms with Crippen molar-refractivity contribution >= 4 is 5.82 Å². The summed E-state index contributed by atoms with van der Waals surface area (Å²) in [6.07, 6.45) is 1.83. The van der Waals surface area contributed by atoms with E-state index in [9.17, 15) is 0 Å². The summed E-state index contributed by atoms with van der Waals surface area (Å²) in [7, 11) is 1.71. The second kappa shape index (κ2) is 6.45. The van der Waals surface area contributed by atoms with E-state index in [-0.39, 0.29) is 0 Å². The number of hydrogen-bond acceptors (Lipinski definition) is 4. The van der Waals surface area contributed by atoms with E-state index in [1.807, 2.05) is 18.3 Å². The van der Waals surface area contributed by atoms with Crippen LogP contribution in [0.4, 0.5) is 5.82 Å². The number of rotatable bonds is 6. The SMILES string of the molecule is COCCN(c1ccc(CN)cn1)C(C)C. The van der Waals surface area contributed by atoms with Crippen molar-refractivity contribution in [3.63, 3.8) is 0 Å². The van der Waals surface area contributed by atoms with Gasteiger partial charge in [0.2, 0.25) is 0 Å². The quantitative estimate of drug-likeness (QED) is 0.792. The summed E-state index contributed by atoms with van der Waals surface area (Å²) >= 11 is 0. The summed E-state index contributed by atoms with van der Waals surface area (Å²) < 4.78 is 5.10. The Kier molecular flexibility index (Phi) is 5.22. The van der Waals surface area contributed by atoms with Crippen molar-refractivity contribution in [2.24, 2.45) is 5.73 Å². The second-order valence-electron chi connectivity index (χ2n) is 4.01. The Bertz CT molecular complexity index is 298. The fourth-order valence-corrected chi connectivity index (χ4v) is 1.53. The van der Waals surface area contributed by atoms with Gasteiger partial charge in [0, 0.05) is 32.4 Å². The molecule has 4 nitrogen and oxygen atoms in total. The minimum Gasteiger partial charge on any atom is -0.383 e. The van der Waals surface area contributed by atoms with Crippen LogP contribution in [0.2, 0.25) is 0 Å². The number of hydrogen-bond donors (Lipinski definition) is 1. The number of nitrogens with two attached hydrogens (primary N) is 1. The number of ether oxygens (including phenoxy) is 1. The highest BCUT2D eigenvalue weighted by Gasteiger charge is 2.10. The minimum absolute atomic E-state index is 0.409. The van der Waals surface area contributed by atoms with Gasteiger partial charge in [0.25, 0.3) is 0 Å². The van der Waals surface area contributed by atoms with Crippen molar-refractivity contribution in [2.75, 3.05) is 25.2 Å². The summed E-state index contributed by atoms with van der Waals surface area (Å²) in [5.41, 5.74) is 6.60. The van der Waals surface area contributed by atoms with Gasteiger partial charge in [-0.2, -0.15) is 0 Å². The molecular weight excluding hydrogens is 202 g/mol. The lowest BCUT2D eigenvalue weighted by molar-refractivity contribution is 0.203. The molecular formula is C12H21N3O.